The summed E-state index contributed by atoms with van der Waals surface area (Å²) in [7, 11) is 0. The molecule has 2 heterocycles. The molecule has 0 aliphatic carbocycles. The van der Waals surface area contributed by atoms with E-state index in [4.69, 9.17) is 5.11 Å². The van der Waals surface area contributed by atoms with Crippen LogP contribution in [0.5, 0.6) is 0 Å². The number of nitrogens with one attached hydrogen (secondary N) is 4. The third kappa shape index (κ3) is 10.3. The van der Waals surface area contributed by atoms with Gasteiger partial charge >= 0.3 is 12.0 Å². The molecular weight excluding hydrogens is 420 g/mol. The molecule has 0 saturated carbocycles. The molecule has 0 radical (unpaired) electrons. The van der Waals surface area contributed by atoms with E-state index >= 15 is 0 Å². The van der Waals surface area contributed by atoms with Crippen LogP contribution >= 0.6 is 11.8 Å². The normalized spacial score (nSPS) is 21.8. The predicted octanol–water partition coefficient (Wildman–Crippen LogP) is 1.76. The minimum atomic E-state index is -0.782. The summed E-state index contributed by atoms with van der Waals surface area (Å²) < 4.78 is 0. The van der Waals surface area contributed by atoms with Crippen molar-refractivity contribution in [2.45, 2.75) is 88.0 Å². The highest BCUT2D eigenvalue weighted by molar-refractivity contribution is 8.00. The molecule has 0 bridgehead atoms. The third-order valence-electron chi connectivity index (χ3n) is 5.62. The van der Waals surface area contributed by atoms with Crippen LogP contribution in [0.4, 0.5) is 4.79 Å². The molecule has 0 aromatic rings. The zero-order valence-electron chi connectivity index (χ0n) is 18.1. The van der Waals surface area contributed by atoms with Crippen molar-refractivity contribution >= 4 is 35.6 Å². The van der Waals surface area contributed by atoms with Crippen molar-refractivity contribution in [3.8, 4) is 0 Å². The lowest BCUT2D eigenvalue weighted by Crippen LogP contribution is -2.36. The van der Waals surface area contributed by atoms with Gasteiger partial charge in [0, 0.05) is 43.4 Å². The summed E-state index contributed by atoms with van der Waals surface area (Å²) in [4.78, 5) is 45.4. The number of thioether (sulfide) groups is 1. The molecule has 0 spiro atoms. The second kappa shape index (κ2) is 14.2. The van der Waals surface area contributed by atoms with Crippen molar-refractivity contribution in [2.75, 3.05) is 18.8 Å². The minimum absolute atomic E-state index is 0.00485. The SMILES string of the molecule is O=C(O)CCCCCNC(=O)CCCCNC(=O)CCCCC1SCC2NC(=O)NC21. The Bertz CT molecular complexity index is 619. The number of fused-ring (bicyclic) bond motifs is 1. The van der Waals surface area contributed by atoms with Gasteiger partial charge in [0.2, 0.25) is 11.8 Å². The van der Waals surface area contributed by atoms with Gasteiger partial charge in [-0.2, -0.15) is 11.8 Å². The van der Waals surface area contributed by atoms with Gasteiger partial charge in [-0.05, 0) is 38.5 Å². The summed E-state index contributed by atoms with van der Waals surface area (Å²) in [6.07, 6.45) is 7.69. The van der Waals surface area contributed by atoms with E-state index in [9.17, 15) is 19.2 Å². The van der Waals surface area contributed by atoms with Gasteiger partial charge in [-0.3, -0.25) is 14.4 Å². The van der Waals surface area contributed by atoms with Gasteiger partial charge in [0.1, 0.15) is 0 Å². The molecule has 2 fully saturated rings. The lowest BCUT2D eigenvalue weighted by Gasteiger charge is -2.16. The lowest BCUT2D eigenvalue weighted by atomic mass is 10.0. The summed E-state index contributed by atoms with van der Waals surface area (Å²) in [5.41, 5.74) is 0. The number of carboxylic acids is 1. The molecule has 2 saturated heterocycles. The zero-order chi connectivity index (χ0) is 22.5. The summed E-state index contributed by atoms with van der Waals surface area (Å²) in [6.45, 7) is 1.17. The van der Waals surface area contributed by atoms with E-state index < -0.39 is 5.97 Å². The van der Waals surface area contributed by atoms with E-state index in [1.807, 2.05) is 11.8 Å². The molecule has 5 N–H and O–H groups in total. The fourth-order valence-corrected chi connectivity index (χ4v) is 5.44. The highest BCUT2D eigenvalue weighted by atomic mass is 32.2. The summed E-state index contributed by atoms with van der Waals surface area (Å²) >= 11 is 1.89. The van der Waals surface area contributed by atoms with Crippen LogP contribution in [-0.2, 0) is 14.4 Å². The molecule has 9 nitrogen and oxygen atoms in total. The maximum atomic E-state index is 11.9. The van der Waals surface area contributed by atoms with Crippen molar-refractivity contribution < 1.29 is 24.3 Å². The summed E-state index contributed by atoms with van der Waals surface area (Å²) in [6, 6.07) is 0.405. The van der Waals surface area contributed by atoms with Gasteiger partial charge in [0.15, 0.2) is 0 Å². The van der Waals surface area contributed by atoms with E-state index in [-0.39, 0.29) is 36.3 Å². The van der Waals surface area contributed by atoms with Crippen molar-refractivity contribution in [1.29, 1.82) is 0 Å². The maximum Gasteiger partial charge on any atom is 0.315 e. The molecule has 2 aliphatic rings. The van der Waals surface area contributed by atoms with Crippen LogP contribution in [0.1, 0.15) is 70.6 Å². The fourth-order valence-electron chi connectivity index (χ4n) is 3.90. The zero-order valence-corrected chi connectivity index (χ0v) is 18.9. The highest BCUT2D eigenvalue weighted by Gasteiger charge is 2.42. The largest absolute Gasteiger partial charge is 0.481 e. The summed E-state index contributed by atoms with van der Waals surface area (Å²) in [5, 5.41) is 20.7. The Kier molecular flexibility index (Phi) is 11.6. The van der Waals surface area contributed by atoms with E-state index in [1.54, 1.807) is 0 Å². The first-order valence-corrected chi connectivity index (χ1v) is 12.4. The molecule has 10 heteroatoms. The molecule has 2 rings (SSSR count). The van der Waals surface area contributed by atoms with Crippen molar-refractivity contribution in [3.63, 3.8) is 0 Å². The number of rotatable bonds is 16. The third-order valence-corrected chi connectivity index (χ3v) is 7.13. The van der Waals surface area contributed by atoms with E-state index in [1.165, 1.54) is 0 Å². The van der Waals surface area contributed by atoms with Crippen LogP contribution in [-0.4, -0.2) is 65.1 Å². The number of carbonyl (C=O) groups excluding carboxylic acids is 3. The molecule has 0 aromatic carbocycles. The van der Waals surface area contributed by atoms with Gasteiger partial charge in [-0.25, -0.2) is 4.79 Å². The van der Waals surface area contributed by atoms with Crippen LogP contribution in [0, 0.1) is 0 Å². The van der Waals surface area contributed by atoms with Crippen LogP contribution in [0.15, 0.2) is 0 Å². The Morgan fingerprint density at radius 3 is 2.16 bits per heavy atom. The molecule has 3 unspecified atom stereocenters. The van der Waals surface area contributed by atoms with E-state index in [0.717, 1.165) is 50.7 Å². The summed E-state index contributed by atoms with van der Waals surface area (Å²) in [5.74, 6) is 0.235. The molecular formula is C21H36N4O5S. The second-order valence-electron chi connectivity index (χ2n) is 8.23. The average Bonchev–Trinajstić information content (AvgIpc) is 3.26. The minimum Gasteiger partial charge on any atom is -0.481 e. The van der Waals surface area contributed by atoms with Gasteiger partial charge in [-0.1, -0.05) is 12.8 Å². The Morgan fingerprint density at radius 1 is 0.871 bits per heavy atom. The van der Waals surface area contributed by atoms with Crippen molar-refractivity contribution in [1.82, 2.24) is 21.3 Å². The molecule has 31 heavy (non-hydrogen) atoms. The number of unbranched alkanes of at least 4 members (excludes halogenated alkanes) is 4. The molecule has 3 atom stereocenters. The van der Waals surface area contributed by atoms with Crippen LogP contribution in [0.2, 0.25) is 0 Å². The Hall–Kier alpha value is -1.97. The number of hydrogen-bond donors (Lipinski definition) is 5. The Balaban J connectivity index is 1.37. The molecule has 0 aromatic heterocycles. The average molecular weight is 457 g/mol. The Labute approximate surface area is 188 Å². The quantitative estimate of drug-likeness (QED) is 0.177. The smallest absolute Gasteiger partial charge is 0.315 e. The maximum absolute atomic E-state index is 11.9. The van der Waals surface area contributed by atoms with Crippen LogP contribution in [0.3, 0.4) is 0 Å². The standard InChI is InChI=1S/C21H36N4O5S/c26-17(9-4-3-8-16-20-15(14-31-16)24-21(30)25-20)23-13-7-5-10-18(27)22-12-6-1-2-11-19(28)29/h15-16,20H,1-14H2,(H,22,27)(H,23,26)(H,28,29)(H2,24,25,30). The monoisotopic (exact) mass is 456 g/mol. The molecule has 2 aliphatic heterocycles. The van der Waals surface area contributed by atoms with Crippen LogP contribution < -0.4 is 21.3 Å². The van der Waals surface area contributed by atoms with E-state index in [2.05, 4.69) is 21.3 Å². The lowest BCUT2D eigenvalue weighted by molar-refractivity contribution is -0.137. The predicted molar refractivity (Wildman–Crippen MR) is 120 cm³/mol. The van der Waals surface area contributed by atoms with Crippen LogP contribution in [0.25, 0.3) is 0 Å². The number of carbonyl (C=O) groups is 4. The number of hydrogen-bond acceptors (Lipinski definition) is 5. The first-order chi connectivity index (χ1) is 15.0. The first kappa shape index (κ1) is 25.3. The number of amides is 4. The number of aliphatic carboxylic acids is 1. The van der Waals surface area contributed by atoms with Gasteiger partial charge in [-0.15, -0.1) is 0 Å². The van der Waals surface area contributed by atoms with Gasteiger partial charge < -0.3 is 26.4 Å². The first-order valence-electron chi connectivity index (χ1n) is 11.4. The second-order valence-corrected chi connectivity index (χ2v) is 9.50. The molecule has 4 amide bonds. The van der Waals surface area contributed by atoms with Gasteiger partial charge in [0.05, 0.1) is 12.1 Å². The van der Waals surface area contributed by atoms with E-state index in [0.29, 0.717) is 37.6 Å². The highest BCUT2D eigenvalue weighted by Crippen LogP contribution is 2.33. The van der Waals surface area contributed by atoms with Crippen molar-refractivity contribution in [3.05, 3.63) is 0 Å². The Morgan fingerprint density at radius 2 is 1.48 bits per heavy atom. The number of carboxylic acid groups (broad SMARTS) is 1. The van der Waals surface area contributed by atoms with Crippen molar-refractivity contribution in [2.24, 2.45) is 0 Å². The fraction of sp³-hybridized carbons (Fsp3) is 0.810. The number of urea groups is 1. The topological polar surface area (TPSA) is 137 Å². The van der Waals surface area contributed by atoms with Gasteiger partial charge in [0.25, 0.3) is 0 Å². The molecule has 176 valence electrons.